The Labute approximate surface area is 123 Å². The summed E-state index contributed by atoms with van der Waals surface area (Å²) in [5.41, 5.74) is 7.06. The number of aromatic amines is 1. The molecule has 1 aromatic carbocycles. The molecule has 0 unspecified atom stereocenters. The van der Waals surface area contributed by atoms with E-state index in [1.54, 1.807) is 18.2 Å². The van der Waals surface area contributed by atoms with E-state index in [-0.39, 0.29) is 17.4 Å². The van der Waals surface area contributed by atoms with Gasteiger partial charge in [0.15, 0.2) is 0 Å². The van der Waals surface area contributed by atoms with Gasteiger partial charge < -0.3 is 15.8 Å². The molecule has 1 fully saturated rings. The molecule has 1 saturated heterocycles. The van der Waals surface area contributed by atoms with E-state index in [0.29, 0.717) is 37.0 Å². The number of nitrogens with zero attached hydrogens (tertiary/aromatic N) is 1. The molecular weight excluding hydrogens is 290 g/mol. The molecule has 0 radical (unpaired) electrons. The second kappa shape index (κ2) is 5.32. The third-order valence-corrected chi connectivity index (χ3v) is 6.06. The third-order valence-electron chi connectivity index (χ3n) is 4.12. The van der Waals surface area contributed by atoms with Gasteiger partial charge in [0.25, 0.3) is 0 Å². The van der Waals surface area contributed by atoms with E-state index in [2.05, 4.69) is 4.98 Å². The number of nitrogens with two attached hydrogens (primary N) is 1. The zero-order valence-electron chi connectivity index (χ0n) is 11.6. The molecule has 0 aliphatic carbocycles. The molecule has 1 aliphatic heterocycles. The lowest BCUT2D eigenvalue weighted by atomic mass is 10.00. The number of H-pyrrole nitrogens is 1. The molecule has 0 atom stereocenters. The molecule has 4 N–H and O–H groups in total. The first-order valence-corrected chi connectivity index (χ1v) is 8.44. The Balaban J connectivity index is 1.95. The highest BCUT2D eigenvalue weighted by molar-refractivity contribution is 7.89. The minimum Gasteiger partial charge on any atom is -0.399 e. The predicted octanol–water partition coefficient (Wildman–Crippen LogP) is 1.14. The summed E-state index contributed by atoms with van der Waals surface area (Å²) in [5, 5.41) is 9.77. The third kappa shape index (κ3) is 2.52. The molecule has 2 heterocycles. The summed E-state index contributed by atoms with van der Waals surface area (Å²) in [6.07, 6.45) is 2.91. The number of benzene rings is 1. The van der Waals surface area contributed by atoms with Crippen LogP contribution in [0.15, 0.2) is 29.3 Å². The van der Waals surface area contributed by atoms with Gasteiger partial charge in [-0.1, -0.05) is 0 Å². The predicted molar refractivity (Wildman–Crippen MR) is 81.3 cm³/mol. The van der Waals surface area contributed by atoms with Crippen LogP contribution in [-0.2, 0) is 10.0 Å². The van der Waals surface area contributed by atoms with Gasteiger partial charge in [0.05, 0.1) is 0 Å². The molecule has 0 saturated carbocycles. The highest BCUT2D eigenvalue weighted by atomic mass is 32.2. The van der Waals surface area contributed by atoms with Crippen LogP contribution in [0.5, 0.6) is 0 Å². The second-order valence-electron chi connectivity index (χ2n) is 5.49. The van der Waals surface area contributed by atoms with Crippen LogP contribution >= 0.6 is 0 Å². The molecule has 1 aliphatic rings. The summed E-state index contributed by atoms with van der Waals surface area (Å²) in [7, 11) is -3.53. The molecule has 0 bridgehead atoms. The normalized spacial score (nSPS) is 18.3. The van der Waals surface area contributed by atoms with Crippen LogP contribution in [0.3, 0.4) is 0 Å². The number of hydrogen-bond acceptors (Lipinski definition) is 4. The molecule has 21 heavy (non-hydrogen) atoms. The maximum atomic E-state index is 12.8. The van der Waals surface area contributed by atoms with Crippen molar-refractivity contribution in [1.82, 2.24) is 9.29 Å². The van der Waals surface area contributed by atoms with E-state index in [9.17, 15) is 8.42 Å². The molecule has 2 aromatic rings. The van der Waals surface area contributed by atoms with E-state index >= 15 is 0 Å². The number of nitrogen functional groups attached to an aromatic ring is 1. The van der Waals surface area contributed by atoms with Crippen LogP contribution in [0.1, 0.15) is 12.8 Å². The minimum atomic E-state index is -3.53. The van der Waals surface area contributed by atoms with Crippen molar-refractivity contribution >= 4 is 26.6 Å². The number of nitrogens with one attached hydrogen (secondary N) is 1. The fourth-order valence-electron chi connectivity index (χ4n) is 2.80. The van der Waals surface area contributed by atoms with Crippen molar-refractivity contribution in [3.05, 3.63) is 24.4 Å². The van der Waals surface area contributed by atoms with Crippen molar-refractivity contribution in [2.24, 2.45) is 5.92 Å². The smallest absolute Gasteiger partial charge is 0.245 e. The highest BCUT2D eigenvalue weighted by Gasteiger charge is 2.30. The summed E-state index contributed by atoms with van der Waals surface area (Å²) >= 11 is 0. The lowest BCUT2D eigenvalue weighted by Gasteiger charge is -2.30. The summed E-state index contributed by atoms with van der Waals surface area (Å²) in [6, 6.07) is 5.20. The topological polar surface area (TPSA) is 99.4 Å². The Kier molecular flexibility index (Phi) is 3.64. The standard InChI is InChI=1S/C14H19N3O3S/c15-11-1-2-13-12(7-11)14(8-16-13)21(19,20)17-5-3-10(9-18)4-6-17/h1-2,7-8,10,16,18H,3-6,9,15H2. The van der Waals surface area contributed by atoms with Crippen LogP contribution in [0.25, 0.3) is 10.9 Å². The van der Waals surface area contributed by atoms with Crippen molar-refractivity contribution in [3.63, 3.8) is 0 Å². The van der Waals surface area contributed by atoms with E-state index in [1.807, 2.05) is 0 Å². The molecule has 3 rings (SSSR count). The van der Waals surface area contributed by atoms with Crippen molar-refractivity contribution in [1.29, 1.82) is 0 Å². The fourth-order valence-corrected chi connectivity index (χ4v) is 4.42. The average Bonchev–Trinajstić information content (AvgIpc) is 2.91. The van der Waals surface area contributed by atoms with Crippen molar-refractivity contribution in [2.45, 2.75) is 17.7 Å². The van der Waals surface area contributed by atoms with Gasteiger partial charge in [-0.15, -0.1) is 0 Å². The average molecular weight is 309 g/mol. The van der Waals surface area contributed by atoms with E-state index in [4.69, 9.17) is 10.8 Å². The Bertz CT molecular complexity index is 746. The monoisotopic (exact) mass is 309 g/mol. The lowest BCUT2D eigenvalue weighted by Crippen LogP contribution is -2.39. The van der Waals surface area contributed by atoms with Crippen LogP contribution in [0, 0.1) is 5.92 Å². The first-order valence-electron chi connectivity index (χ1n) is 7.00. The number of sulfonamides is 1. The van der Waals surface area contributed by atoms with Gasteiger partial charge in [0.1, 0.15) is 4.90 Å². The van der Waals surface area contributed by atoms with Crippen LogP contribution in [0.2, 0.25) is 0 Å². The first kappa shape index (κ1) is 14.4. The molecule has 1 aromatic heterocycles. The zero-order chi connectivity index (χ0) is 15.0. The Morgan fingerprint density at radius 3 is 2.71 bits per heavy atom. The second-order valence-corrected chi connectivity index (χ2v) is 7.39. The molecule has 0 spiro atoms. The fraction of sp³-hybridized carbons (Fsp3) is 0.429. The first-order chi connectivity index (χ1) is 10.0. The number of rotatable bonds is 3. The van der Waals surface area contributed by atoms with Crippen molar-refractivity contribution in [3.8, 4) is 0 Å². The van der Waals surface area contributed by atoms with E-state index < -0.39 is 10.0 Å². The molecule has 7 heteroatoms. The Morgan fingerprint density at radius 2 is 2.05 bits per heavy atom. The van der Waals surface area contributed by atoms with Crippen molar-refractivity contribution in [2.75, 3.05) is 25.4 Å². The number of piperidine rings is 1. The number of hydrogen-bond donors (Lipinski definition) is 3. The largest absolute Gasteiger partial charge is 0.399 e. The van der Waals surface area contributed by atoms with Gasteiger partial charge in [0.2, 0.25) is 10.0 Å². The molecule has 114 valence electrons. The van der Waals surface area contributed by atoms with E-state index in [1.165, 1.54) is 10.5 Å². The van der Waals surface area contributed by atoms with Crippen molar-refractivity contribution < 1.29 is 13.5 Å². The molecule has 6 nitrogen and oxygen atoms in total. The minimum absolute atomic E-state index is 0.123. The maximum absolute atomic E-state index is 12.8. The maximum Gasteiger partial charge on any atom is 0.245 e. The highest BCUT2D eigenvalue weighted by Crippen LogP contribution is 2.29. The lowest BCUT2D eigenvalue weighted by molar-refractivity contribution is 0.170. The number of anilines is 1. The van der Waals surface area contributed by atoms with Gasteiger partial charge in [0, 0.05) is 42.5 Å². The molecule has 0 amide bonds. The number of aliphatic hydroxyl groups is 1. The summed E-state index contributed by atoms with van der Waals surface area (Å²) in [5.74, 6) is 0.204. The van der Waals surface area contributed by atoms with Crippen LogP contribution in [0.4, 0.5) is 5.69 Å². The zero-order valence-corrected chi connectivity index (χ0v) is 12.4. The number of aromatic nitrogens is 1. The van der Waals surface area contributed by atoms with Crippen LogP contribution in [-0.4, -0.2) is 42.5 Å². The van der Waals surface area contributed by atoms with Gasteiger partial charge in [-0.3, -0.25) is 0 Å². The van der Waals surface area contributed by atoms with Gasteiger partial charge >= 0.3 is 0 Å². The summed E-state index contributed by atoms with van der Waals surface area (Å²) in [4.78, 5) is 3.25. The Hall–Kier alpha value is -1.57. The number of fused-ring (bicyclic) bond motifs is 1. The van der Waals surface area contributed by atoms with Gasteiger partial charge in [-0.2, -0.15) is 4.31 Å². The quantitative estimate of drug-likeness (QED) is 0.740. The van der Waals surface area contributed by atoms with Gasteiger partial charge in [-0.05, 0) is 37.0 Å². The van der Waals surface area contributed by atoms with Crippen LogP contribution < -0.4 is 5.73 Å². The Morgan fingerprint density at radius 1 is 1.33 bits per heavy atom. The number of aliphatic hydroxyl groups excluding tert-OH is 1. The summed E-state index contributed by atoms with van der Waals surface area (Å²) < 4.78 is 27.0. The van der Waals surface area contributed by atoms with E-state index in [0.717, 1.165) is 5.52 Å². The van der Waals surface area contributed by atoms with Gasteiger partial charge in [-0.25, -0.2) is 8.42 Å². The summed E-state index contributed by atoms with van der Waals surface area (Å²) in [6.45, 7) is 1.02. The molecular formula is C14H19N3O3S. The SMILES string of the molecule is Nc1ccc2[nH]cc(S(=O)(=O)N3CCC(CO)CC3)c2c1.